The Morgan fingerprint density at radius 1 is 1.33 bits per heavy atom. The van der Waals surface area contributed by atoms with Crippen molar-refractivity contribution in [2.75, 3.05) is 14.2 Å². The highest BCUT2D eigenvalue weighted by atomic mass is 16.5. The van der Waals surface area contributed by atoms with Gasteiger partial charge in [-0.05, 0) is 18.2 Å². The van der Waals surface area contributed by atoms with Crippen LogP contribution in [0.3, 0.4) is 0 Å². The molecule has 4 nitrogen and oxygen atoms in total. The van der Waals surface area contributed by atoms with Gasteiger partial charge in [0.15, 0.2) is 11.5 Å². The maximum absolute atomic E-state index is 9.70. The number of phenolic OH excluding ortho intramolecular Hbond substituents is 1. The SMILES string of the molecule is COc1ccc(C=CC#N)c(OC)c1O. The van der Waals surface area contributed by atoms with E-state index in [0.717, 1.165) is 0 Å². The van der Waals surface area contributed by atoms with E-state index in [1.54, 1.807) is 18.2 Å². The van der Waals surface area contributed by atoms with Crippen LogP contribution in [0.15, 0.2) is 18.2 Å². The highest BCUT2D eigenvalue weighted by Gasteiger charge is 2.11. The summed E-state index contributed by atoms with van der Waals surface area (Å²) in [7, 11) is 2.90. The number of phenols is 1. The van der Waals surface area contributed by atoms with Crippen LogP contribution in [0.2, 0.25) is 0 Å². The van der Waals surface area contributed by atoms with Gasteiger partial charge in [-0.15, -0.1) is 0 Å². The summed E-state index contributed by atoms with van der Waals surface area (Å²) in [5.74, 6) is 0.557. The first-order valence-electron chi connectivity index (χ1n) is 4.24. The number of aromatic hydroxyl groups is 1. The molecule has 0 atom stereocenters. The first-order valence-corrected chi connectivity index (χ1v) is 4.24. The zero-order chi connectivity index (χ0) is 11.3. The molecule has 4 heteroatoms. The Balaban J connectivity index is 3.25. The van der Waals surface area contributed by atoms with E-state index in [2.05, 4.69) is 0 Å². The molecule has 0 saturated heterocycles. The van der Waals surface area contributed by atoms with Gasteiger partial charge in [-0.3, -0.25) is 0 Å². The van der Waals surface area contributed by atoms with Gasteiger partial charge in [0, 0.05) is 11.6 Å². The molecule has 0 unspecified atom stereocenters. The smallest absolute Gasteiger partial charge is 0.201 e. The fourth-order valence-corrected chi connectivity index (χ4v) is 1.21. The average molecular weight is 205 g/mol. The lowest BCUT2D eigenvalue weighted by atomic mass is 10.1. The van der Waals surface area contributed by atoms with Crippen molar-refractivity contribution in [2.45, 2.75) is 0 Å². The van der Waals surface area contributed by atoms with E-state index in [1.807, 2.05) is 6.07 Å². The molecule has 0 aliphatic rings. The standard InChI is InChI=1S/C11H11NO3/c1-14-9-6-5-8(4-3-7-12)11(15-2)10(9)13/h3-6,13H,1-2H3. The van der Waals surface area contributed by atoms with Crippen molar-refractivity contribution >= 4 is 6.08 Å². The molecule has 78 valence electrons. The largest absolute Gasteiger partial charge is 0.502 e. The minimum atomic E-state index is -0.0694. The van der Waals surface area contributed by atoms with E-state index in [-0.39, 0.29) is 5.75 Å². The Kier molecular flexibility index (Phi) is 3.58. The van der Waals surface area contributed by atoms with Crippen LogP contribution in [-0.4, -0.2) is 19.3 Å². The summed E-state index contributed by atoms with van der Waals surface area (Å²) in [6.07, 6.45) is 2.86. The number of rotatable bonds is 3. The minimum Gasteiger partial charge on any atom is -0.502 e. The Hall–Kier alpha value is -2.15. The van der Waals surface area contributed by atoms with Crippen LogP contribution in [0.5, 0.6) is 17.2 Å². The van der Waals surface area contributed by atoms with Crippen LogP contribution < -0.4 is 9.47 Å². The van der Waals surface area contributed by atoms with Gasteiger partial charge in [0.25, 0.3) is 0 Å². The van der Waals surface area contributed by atoms with E-state index in [0.29, 0.717) is 17.1 Å². The molecule has 0 amide bonds. The summed E-state index contributed by atoms with van der Waals surface area (Å²) in [4.78, 5) is 0. The Bertz CT molecular complexity index is 419. The first-order chi connectivity index (χ1) is 7.24. The lowest BCUT2D eigenvalue weighted by Gasteiger charge is -2.10. The second kappa shape index (κ2) is 4.91. The van der Waals surface area contributed by atoms with E-state index in [9.17, 15) is 5.11 Å². The van der Waals surface area contributed by atoms with E-state index < -0.39 is 0 Å². The molecule has 0 bridgehead atoms. The maximum atomic E-state index is 9.70. The van der Waals surface area contributed by atoms with Gasteiger partial charge >= 0.3 is 0 Å². The number of methoxy groups -OCH3 is 2. The third-order valence-corrected chi connectivity index (χ3v) is 1.89. The summed E-state index contributed by atoms with van der Waals surface area (Å²) >= 11 is 0. The molecule has 1 aromatic carbocycles. The number of nitriles is 1. The van der Waals surface area contributed by atoms with Crippen molar-refractivity contribution < 1.29 is 14.6 Å². The van der Waals surface area contributed by atoms with Gasteiger partial charge in [0.05, 0.1) is 20.3 Å². The predicted molar refractivity (Wildman–Crippen MR) is 55.9 cm³/mol. The van der Waals surface area contributed by atoms with Gasteiger partial charge in [0.1, 0.15) is 0 Å². The van der Waals surface area contributed by atoms with Crippen LogP contribution in [0.1, 0.15) is 5.56 Å². The molecular weight excluding hydrogens is 194 g/mol. The van der Waals surface area contributed by atoms with Gasteiger partial charge in [0.2, 0.25) is 5.75 Å². The fraction of sp³-hybridized carbons (Fsp3) is 0.182. The van der Waals surface area contributed by atoms with E-state index in [4.69, 9.17) is 14.7 Å². The van der Waals surface area contributed by atoms with Gasteiger partial charge in [-0.25, -0.2) is 0 Å². The zero-order valence-electron chi connectivity index (χ0n) is 8.52. The fourth-order valence-electron chi connectivity index (χ4n) is 1.21. The highest BCUT2D eigenvalue weighted by molar-refractivity contribution is 5.66. The van der Waals surface area contributed by atoms with Crippen molar-refractivity contribution in [3.05, 3.63) is 23.8 Å². The van der Waals surface area contributed by atoms with Crippen LogP contribution >= 0.6 is 0 Å². The molecule has 0 spiro atoms. The van der Waals surface area contributed by atoms with E-state index in [1.165, 1.54) is 20.3 Å². The molecule has 0 aliphatic heterocycles. The summed E-state index contributed by atoms with van der Waals surface area (Å²) < 4.78 is 9.95. The number of benzene rings is 1. The molecule has 1 aromatic rings. The zero-order valence-corrected chi connectivity index (χ0v) is 8.52. The maximum Gasteiger partial charge on any atom is 0.201 e. The van der Waals surface area contributed by atoms with Crippen molar-refractivity contribution in [2.24, 2.45) is 0 Å². The Morgan fingerprint density at radius 3 is 2.60 bits per heavy atom. The summed E-state index contributed by atoms with van der Waals surface area (Å²) in [6, 6.07) is 5.17. The summed E-state index contributed by atoms with van der Waals surface area (Å²) in [5.41, 5.74) is 0.623. The minimum absolute atomic E-state index is 0.0694. The lowest BCUT2D eigenvalue weighted by Crippen LogP contribution is -1.91. The molecule has 0 radical (unpaired) electrons. The van der Waals surface area contributed by atoms with Crippen molar-refractivity contribution in [1.29, 1.82) is 5.26 Å². The molecule has 0 aliphatic carbocycles. The Labute approximate surface area is 88.0 Å². The number of hydrogen-bond donors (Lipinski definition) is 1. The predicted octanol–water partition coefficient (Wildman–Crippen LogP) is 1.95. The molecular formula is C11H11NO3. The van der Waals surface area contributed by atoms with E-state index >= 15 is 0 Å². The quantitative estimate of drug-likeness (QED) is 0.766. The molecule has 1 N–H and O–H groups in total. The normalized spacial score (nSPS) is 9.93. The monoisotopic (exact) mass is 205 g/mol. The van der Waals surface area contributed by atoms with Crippen LogP contribution in [0.4, 0.5) is 0 Å². The van der Waals surface area contributed by atoms with Crippen molar-refractivity contribution in [3.63, 3.8) is 0 Å². The number of hydrogen-bond acceptors (Lipinski definition) is 4. The van der Waals surface area contributed by atoms with Gasteiger partial charge < -0.3 is 14.6 Å². The molecule has 0 saturated carbocycles. The topological polar surface area (TPSA) is 62.5 Å². The lowest BCUT2D eigenvalue weighted by molar-refractivity contribution is 0.339. The second-order valence-electron chi connectivity index (χ2n) is 2.70. The highest BCUT2D eigenvalue weighted by Crippen LogP contribution is 2.39. The average Bonchev–Trinajstić information content (AvgIpc) is 2.26. The van der Waals surface area contributed by atoms with Gasteiger partial charge in [-0.2, -0.15) is 5.26 Å². The number of nitrogens with zero attached hydrogens (tertiary/aromatic N) is 1. The van der Waals surface area contributed by atoms with Gasteiger partial charge in [-0.1, -0.05) is 0 Å². The number of ether oxygens (including phenoxy) is 2. The molecule has 15 heavy (non-hydrogen) atoms. The van der Waals surface area contributed by atoms with Crippen molar-refractivity contribution in [3.8, 4) is 23.3 Å². The summed E-state index contributed by atoms with van der Waals surface area (Å²) in [5, 5.41) is 18.1. The first kappa shape index (κ1) is 10.9. The molecule has 0 aromatic heterocycles. The third-order valence-electron chi connectivity index (χ3n) is 1.89. The summed E-state index contributed by atoms with van der Waals surface area (Å²) in [6.45, 7) is 0. The third kappa shape index (κ3) is 2.20. The number of allylic oxidation sites excluding steroid dienone is 1. The molecule has 0 fully saturated rings. The second-order valence-corrected chi connectivity index (χ2v) is 2.70. The van der Waals surface area contributed by atoms with Crippen LogP contribution in [-0.2, 0) is 0 Å². The molecule has 0 heterocycles. The molecule has 1 rings (SSSR count). The van der Waals surface area contributed by atoms with Crippen LogP contribution in [0.25, 0.3) is 6.08 Å². The van der Waals surface area contributed by atoms with Crippen molar-refractivity contribution in [1.82, 2.24) is 0 Å². The Morgan fingerprint density at radius 2 is 2.07 bits per heavy atom. The van der Waals surface area contributed by atoms with Crippen LogP contribution in [0, 0.1) is 11.3 Å².